The van der Waals surface area contributed by atoms with Crippen molar-refractivity contribution in [3.63, 3.8) is 0 Å². The van der Waals surface area contributed by atoms with E-state index < -0.39 is 0 Å². The number of hydrogen-bond donors (Lipinski definition) is 0. The summed E-state index contributed by atoms with van der Waals surface area (Å²) >= 11 is 0. The highest BCUT2D eigenvalue weighted by atomic mass is 16.5. The Hall–Kier alpha value is -1.69. The third-order valence-electron chi connectivity index (χ3n) is 5.02. The highest BCUT2D eigenvalue weighted by Gasteiger charge is 2.43. The molecule has 1 aliphatic carbocycles. The van der Waals surface area contributed by atoms with E-state index in [1.165, 1.54) is 0 Å². The van der Waals surface area contributed by atoms with Crippen molar-refractivity contribution in [2.24, 2.45) is 0 Å². The van der Waals surface area contributed by atoms with Crippen molar-refractivity contribution in [2.75, 3.05) is 13.2 Å². The number of hydrogen-bond acceptors (Lipinski definition) is 5. The van der Waals surface area contributed by atoms with Gasteiger partial charge in [-0.2, -0.15) is 0 Å². The van der Waals surface area contributed by atoms with Crippen LogP contribution in [0.5, 0.6) is 0 Å². The highest BCUT2D eigenvalue weighted by Crippen LogP contribution is 2.33. The molecule has 0 amide bonds. The van der Waals surface area contributed by atoms with Crippen molar-refractivity contribution < 1.29 is 13.9 Å². The first-order valence-electron chi connectivity index (χ1n) is 8.71. The minimum absolute atomic E-state index is 0.164. The standard InChI is InChI=1S/C19H24N2O3/c1-14-2-3-16(24-14)12-21-10-11-22-19-17(21)4-5-18(19)23-13-15-6-8-20-9-7-15/h2-3,6-9,17-19H,4-5,10-13H2,1H3/t17-,18+,19+/m0/s1. The lowest BCUT2D eigenvalue weighted by molar-refractivity contribution is -0.119. The number of morpholine rings is 1. The van der Waals surface area contributed by atoms with Crippen molar-refractivity contribution in [2.45, 2.75) is 51.2 Å². The second kappa shape index (κ2) is 7.05. The molecule has 2 aliphatic rings. The van der Waals surface area contributed by atoms with Crippen LogP contribution in [0.3, 0.4) is 0 Å². The van der Waals surface area contributed by atoms with E-state index in [1.807, 2.05) is 25.1 Å². The quantitative estimate of drug-likeness (QED) is 0.844. The number of furan rings is 1. The molecular weight excluding hydrogens is 304 g/mol. The molecule has 128 valence electrons. The number of fused-ring (bicyclic) bond motifs is 1. The minimum atomic E-state index is 0.164. The van der Waals surface area contributed by atoms with E-state index >= 15 is 0 Å². The Morgan fingerprint density at radius 2 is 2.08 bits per heavy atom. The lowest BCUT2D eigenvalue weighted by atomic mass is 10.1. The number of rotatable bonds is 5. The second-order valence-electron chi connectivity index (χ2n) is 6.67. The van der Waals surface area contributed by atoms with Crippen LogP contribution < -0.4 is 0 Å². The Labute approximate surface area is 142 Å². The predicted octanol–water partition coefficient (Wildman–Crippen LogP) is 2.93. The molecule has 1 saturated heterocycles. The van der Waals surface area contributed by atoms with E-state index in [0.29, 0.717) is 12.6 Å². The topological polar surface area (TPSA) is 47.7 Å². The van der Waals surface area contributed by atoms with Crippen LogP contribution in [0, 0.1) is 6.92 Å². The summed E-state index contributed by atoms with van der Waals surface area (Å²) < 4.78 is 18.0. The van der Waals surface area contributed by atoms with Crippen LogP contribution in [-0.2, 0) is 22.6 Å². The normalized spacial score (nSPS) is 27.3. The molecule has 4 rings (SSSR count). The van der Waals surface area contributed by atoms with Crippen LogP contribution in [0.4, 0.5) is 0 Å². The molecule has 0 aromatic carbocycles. The molecule has 3 heterocycles. The monoisotopic (exact) mass is 328 g/mol. The summed E-state index contributed by atoms with van der Waals surface area (Å²) in [6.45, 7) is 5.19. The molecule has 0 N–H and O–H groups in total. The zero-order valence-electron chi connectivity index (χ0n) is 14.1. The maximum Gasteiger partial charge on any atom is 0.118 e. The van der Waals surface area contributed by atoms with Crippen LogP contribution in [-0.4, -0.2) is 41.3 Å². The van der Waals surface area contributed by atoms with Crippen molar-refractivity contribution in [1.29, 1.82) is 0 Å². The molecule has 1 saturated carbocycles. The van der Waals surface area contributed by atoms with E-state index in [2.05, 4.69) is 16.0 Å². The van der Waals surface area contributed by atoms with Gasteiger partial charge >= 0.3 is 0 Å². The molecule has 1 aliphatic heterocycles. The lowest BCUT2D eigenvalue weighted by Crippen LogP contribution is -2.51. The molecule has 0 spiro atoms. The van der Waals surface area contributed by atoms with E-state index in [1.54, 1.807) is 12.4 Å². The van der Waals surface area contributed by atoms with Gasteiger partial charge in [0.15, 0.2) is 0 Å². The first-order valence-corrected chi connectivity index (χ1v) is 8.71. The summed E-state index contributed by atoms with van der Waals surface area (Å²) in [6, 6.07) is 8.53. The number of nitrogens with zero attached hydrogens (tertiary/aromatic N) is 2. The summed E-state index contributed by atoms with van der Waals surface area (Å²) in [5.41, 5.74) is 1.16. The summed E-state index contributed by atoms with van der Waals surface area (Å²) in [7, 11) is 0. The van der Waals surface area contributed by atoms with Crippen molar-refractivity contribution in [3.05, 3.63) is 53.7 Å². The largest absolute Gasteiger partial charge is 0.465 e. The first kappa shape index (κ1) is 15.8. The molecule has 5 nitrogen and oxygen atoms in total. The number of aryl methyl sites for hydroxylation is 1. The number of pyridine rings is 1. The van der Waals surface area contributed by atoms with Crippen LogP contribution in [0.25, 0.3) is 0 Å². The fourth-order valence-electron chi connectivity index (χ4n) is 3.82. The van der Waals surface area contributed by atoms with E-state index in [9.17, 15) is 0 Å². The van der Waals surface area contributed by atoms with Crippen LogP contribution in [0.15, 0.2) is 41.1 Å². The van der Waals surface area contributed by atoms with Gasteiger partial charge in [0.05, 0.1) is 32.0 Å². The van der Waals surface area contributed by atoms with Crippen LogP contribution in [0.2, 0.25) is 0 Å². The third kappa shape index (κ3) is 3.38. The predicted molar refractivity (Wildman–Crippen MR) is 89.4 cm³/mol. The van der Waals surface area contributed by atoms with Gasteiger partial charge in [0.25, 0.3) is 0 Å². The zero-order valence-corrected chi connectivity index (χ0v) is 14.1. The summed E-state index contributed by atoms with van der Waals surface area (Å²) in [5.74, 6) is 2.01. The van der Waals surface area contributed by atoms with Gasteiger partial charge in [0.1, 0.15) is 11.5 Å². The molecule has 0 unspecified atom stereocenters. The van der Waals surface area contributed by atoms with Gasteiger partial charge in [0.2, 0.25) is 0 Å². The van der Waals surface area contributed by atoms with Crippen LogP contribution >= 0.6 is 0 Å². The van der Waals surface area contributed by atoms with Gasteiger partial charge in [-0.25, -0.2) is 0 Å². The van der Waals surface area contributed by atoms with Crippen LogP contribution in [0.1, 0.15) is 29.9 Å². The Kier molecular flexibility index (Phi) is 4.65. The van der Waals surface area contributed by atoms with Gasteiger partial charge in [-0.15, -0.1) is 0 Å². The van der Waals surface area contributed by atoms with E-state index in [0.717, 1.165) is 49.6 Å². The molecule has 2 aromatic rings. The first-order chi connectivity index (χ1) is 11.8. The van der Waals surface area contributed by atoms with E-state index in [-0.39, 0.29) is 12.2 Å². The van der Waals surface area contributed by atoms with Gasteiger partial charge in [-0.1, -0.05) is 0 Å². The molecule has 0 radical (unpaired) electrons. The van der Waals surface area contributed by atoms with Crippen molar-refractivity contribution in [3.8, 4) is 0 Å². The van der Waals surface area contributed by atoms with Gasteiger partial charge in [0, 0.05) is 25.0 Å². The maximum absolute atomic E-state index is 6.16. The van der Waals surface area contributed by atoms with Gasteiger partial charge in [-0.05, 0) is 49.6 Å². The van der Waals surface area contributed by atoms with Gasteiger partial charge in [-0.3, -0.25) is 9.88 Å². The number of aromatic nitrogens is 1. The average Bonchev–Trinajstić information content (AvgIpc) is 3.21. The van der Waals surface area contributed by atoms with Gasteiger partial charge < -0.3 is 13.9 Å². The lowest BCUT2D eigenvalue weighted by Gasteiger charge is -2.38. The minimum Gasteiger partial charge on any atom is -0.465 e. The van der Waals surface area contributed by atoms with E-state index in [4.69, 9.17) is 13.9 Å². The molecule has 5 heteroatoms. The summed E-state index contributed by atoms with van der Waals surface area (Å²) in [6.07, 6.45) is 6.11. The highest BCUT2D eigenvalue weighted by molar-refractivity contribution is 5.09. The fourth-order valence-corrected chi connectivity index (χ4v) is 3.82. The fraction of sp³-hybridized carbons (Fsp3) is 0.526. The zero-order chi connectivity index (χ0) is 16.4. The average molecular weight is 328 g/mol. The summed E-state index contributed by atoms with van der Waals surface area (Å²) in [4.78, 5) is 6.53. The maximum atomic E-state index is 6.16. The third-order valence-corrected chi connectivity index (χ3v) is 5.02. The molecule has 0 bridgehead atoms. The Morgan fingerprint density at radius 3 is 2.88 bits per heavy atom. The number of ether oxygens (including phenoxy) is 2. The van der Waals surface area contributed by atoms with Crippen molar-refractivity contribution >= 4 is 0 Å². The second-order valence-corrected chi connectivity index (χ2v) is 6.67. The molecule has 3 atom stereocenters. The summed E-state index contributed by atoms with van der Waals surface area (Å²) in [5, 5.41) is 0. The van der Waals surface area contributed by atoms with Crippen molar-refractivity contribution in [1.82, 2.24) is 9.88 Å². The smallest absolute Gasteiger partial charge is 0.118 e. The molecule has 24 heavy (non-hydrogen) atoms. The Morgan fingerprint density at radius 1 is 1.21 bits per heavy atom. The molecule has 2 aromatic heterocycles. The Bertz CT molecular complexity index is 658. The Balaban J connectivity index is 1.37. The molecule has 2 fully saturated rings. The SMILES string of the molecule is Cc1ccc(CN2CCO[C@H]3[C@H](OCc4ccncc4)CC[C@@H]32)o1. The molecular formula is C19H24N2O3.